The number of ether oxygens (including phenoxy) is 3. The maximum absolute atomic E-state index is 11.6. The highest BCUT2D eigenvalue weighted by molar-refractivity contribution is 6.00. The van der Waals surface area contributed by atoms with Crippen LogP contribution in [-0.2, 0) is 15.9 Å². The van der Waals surface area contributed by atoms with Crippen LogP contribution < -0.4 is 4.74 Å². The molecule has 1 aromatic rings. The van der Waals surface area contributed by atoms with Gasteiger partial charge in [-0.1, -0.05) is 0 Å². The zero-order valence-corrected chi connectivity index (χ0v) is 10.7. The summed E-state index contributed by atoms with van der Waals surface area (Å²) in [5, 5.41) is 0. The topological polar surface area (TPSA) is 44.8 Å². The zero-order valence-electron chi connectivity index (χ0n) is 10.7. The molecule has 0 atom stereocenters. The number of carbonyl (C=O) groups excluding carboxylic acids is 1. The van der Waals surface area contributed by atoms with Gasteiger partial charge in [-0.3, -0.25) is 4.79 Å². The van der Waals surface area contributed by atoms with E-state index in [0.29, 0.717) is 19.6 Å². The molecule has 0 unspecified atom stereocenters. The Morgan fingerprint density at radius 3 is 2.74 bits per heavy atom. The summed E-state index contributed by atoms with van der Waals surface area (Å²) < 4.78 is 17.1. The number of hydrogen-bond donors (Lipinski definition) is 0. The monoisotopic (exact) mass is 260 g/mol. The van der Waals surface area contributed by atoms with E-state index in [1.54, 1.807) is 0 Å². The first-order valence-corrected chi connectivity index (χ1v) is 6.85. The summed E-state index contributed by atoms with van der Waals surface area (Å²) in [6.07, 6.45) is 3.22. The molecule has 1 aliphatic heterocycles. The zero-order chi connectivity index (χ0) is 12.9. The summed E-state index contributed by atoms with van der Waals surface area (Å²) in [4.78, 5) is 11.6. The highest BCUT2D eigenvalue weighted by Gasteiger charge is 2.50. The number of fused-ring (bicyclic) bond motifs is 1. The summed E-state index contributed by atoms with van der Waals surface area (Å²) in [7, 11) is 0. The van der Waals surface area contributed by atoms with Gasteiger partial charge in [0.05, 0.1) is 13.2 Å². The number of rotatable bonds is 2. The molecule has 1 aromatic carbocycles. The first-order valence-electron chi connectivity index (χ1n) is 6.85. The van der Waals surface area contributed by atoms with E-state index in [-0.39, 0.29) is 17.7 Å². The van der Waals surface area contributed by atoms with E-state index in [1.807, 2.05) is 18.2 Å². The van der Waals surface area contributed by atoms with Crippen molar-refractivity contribution < 1.29 is 19.0 Å². The minimum atomic E-state index is -0.364. The maximum atomic E-state index is 11.6. The number of carbonyl (C=O) groups is 1. The molecule has 1 saturated heterocycles. The summed E-state index contributed by atoms with van der Waals surface area (Å²) in [6, 6.07) is 5.78. The van der Waals surface area contributed by atoms with Crippen molar-refractivity contribution in [1.82, 2.24) is 0 Å². The van der Waals surface area contributed by atoms with Gasteiger partial charge in [0.15, 0.2) is 11.6 Å². The maximum Gasteiger partial charge on any atom is 0.175 e. The molecule has 1 saturated carbocycles. The van der Waals surface area contributed by atoms with Crippen molar-refractivity contribution >= 4 is 5.78 Å². The average Bonchev–Trinajstić information content (AvgIpc) is 2.97. The Morgan fingerprint density at radius 1 is 1.16 bits per heavy atom. The number of benzene rings is 1. The molecule has 0 radical (unpaired) electrons. The van der Waals surface area contributed by atoms with Gasteiger partial charge >= 0.3 is 0 Å². The summed E-state index contributed by atoms with van der Waals surface area (Å²) in [5.41, 5.74) is 1.98. The smallest absolute Gasteiger partial charge is 0.175 e. The van der Waals surface area contributed by atoms with Crippen LogP contribution in [0.3, 0.4) is 0 Å². The van der Waals surface area contributed by atoms with Crippen LogP contribution in [0.4, 0.5) is 0 Å². The van der Waals surface area contributed by atoms with E-state index in [0.717, 1.165) is 36.1 Å². The molecule has 3 aliphatic rings. The van der Waals surface area contributed by atoms with E-state index in [9.17, 15) is 4.79 Å². The van der Waals surface area contributed by atoms with Gasteiger partial charge in [-0.05, 0) is 30.2 Å². The van der Waals surface area contributed by atoms with E-state index in [1.165, 1.54) is 0 Å². The fourth-order valence-corrected chi connectivity index (χ4v) is 3.15. The van der Waals surface area contributed by atoms with Gasteiger partial charge < -0.3 is 14.2 Å². The van der Waals surface area contributed by atoms with Crippen LogP contribution in [0.25, 0.3) is 0 Å². The second-order valence-electron chi connectivity index (χ2n) is 5.50. The van der Waals surface area contributed by atoms with Crippen molar-refractivity contribution in [2.24, 2.45) is 0 Å². The molecule has 4 rings (SSSR count). The molecule has 2 fully saturated rings. The van der Waals surface area contributed by atoms with Crippen LogP contribution in [0.5, 0.6) is 5.75 Å². The molecule has 0 N–H and O–H groups in total. The van der Waals surface area contributed by atoms with Gasteiger partial charge in [0.25, 0.3) is 0 Å². The Labute approximate surface area is 111 Å². The first-order chi connectivity index (χ1) is 9.24. The van der Waals surface area contributed by atoms with Gasteiger partial charge in [-0.25, -0.2) is 0 Å². The Hall–Kier alpha value is -1.39. The summed E-state index contributed by atoms with van der Waals surface area (Å²) in [6.45, 7) is 1.38. The van der Waals surface area contributed by atoms with Crippen molar-refractivity contribution in [3.63, 3.8) is 0 Å². The molecule has 0 bridgehead atoms. The van der Waals surface area contributed by atoms with Crippen molar-refractivity contribution in [3.8, 4) is 5.75 Å². The number of ketones is 1. The molecule has 4 nitrogen and oxygen atoms in total. The molecule has 1 heterocycles. The van der Waals surface area contributed by atoms with E-state index >= 15 is 0 Å². The van der Waals surface area contributed by atoms with Crippen LogP contribution in [-0.4, -0.2) is 30.9 Å². The van der Waals surface area contributed by atoms with Crippen molar-refractivity contribution in [1.29, 1.82) is 0 Å². The third-order valence-corrected chi connectivity index (χ3v) is 4.19. The highest BCUT2D eigenvalue weighted by Crippen LogP contribution is 2.42. The van der Waals surface area contributed by atoms with Crippen LogP contribution in [0, 0.1) is 0 Å². The van der Waals surface area contributed by atoms with Crippen molar-refractivity contribution in [2.75, 3.05) is 13.2 Å². The number of Topliss-reactive ketones (excluding diaryl/α,β-unsaturated/α-hetero) is 1. The molecule has 2 aliphatic carbocycles. The fraction of sp³-hybridized carbons (Fsp3) is 0.533. The third-order valence-electron chi connectivity index (χ3n) is 4.19. The lowest BCUT2D eigenvalue weighted by Crippen LogP contribution is -2.50. The SMILES string of the molecule is O=C1CCc2cc(OC3CC4(C3)OCCO4)ccc21. The van der Waals surface area contributed by atoms with Crippen LogP contribution in [0.2, 0.25) is 0 Å². The predicted molar refractivity (Wildman–Crippen MR) is 67.4 cm³/mol. The largest absolute Gasteiger partial charge is 0.490 e. The molecule has 4 heteroatoms. The van der Waals surface area contributed by atoms with Gasteiger partial charge in [0.1, 0.15) is 11.9 Å². The molecule has 1 spiro atoms. The normalized spacial score (nSPS) is 24.5. The summed E-state index contributed by atoms with van der Waals surface area (Å²) in [5.74, 6) is 0.736. The molecule has 19 heavy (non-hydrogen) atoms. The van der Waals surface area contributed by atoms with Gasteiger partial charge in [0.2, 0.25) is 0 Å². The molecule has 0 aromatic heterocycles. The first kappa shape index (κ1) is 11.4. The van der Waals surface area contributed by atoms with Gasteiger partial charge in [-0.15, -0.1) is 0 Å². The molecular formula is C15H16O4. The lowest BCUT2D eigenvalue weighted by Gasteiger charge is -2.42. The Kier molecular flexibility index (Phi) is 2.44. The summed E-state index contributed by atoms with van der Waals surface area (Å²) >= 11 is 0. The minimum absolute atomic E-state index is 0.160. The Balaban J connectivity index is 1.43. The molecule has 0 amide bonds. The van der Waals surface area contributed by atoms with Gasteiger partial charge in [0, 0.05) is 24.8 Å². The number of hydrogen-bond acceptors (Lipinski definition) is 4. The standard InChI is InChI=1S/C15H16O4/c16-14-4-1-10-7-11(2-3-13(10)14)19-12-8-15(9-12)17-5-6-18-15/h2-3,7,12H,1,4-6,8-9H2. The molecule has 100 valence electrons. The van der Waals surface area contributed by atoms with Gasteiger partial charge in [-0.2, -0.15) is 0 Å². The number of aryl methyl sites for hydroxylation is 1. The van der Waals surface area contributed by atoms with E-state index in [2.05, 4.69) is 0 Å². The lowest BCUT2D eigenvalue weighted by molar-refractivity contribution is -0.240. The fourth-order valence-electron chi connectivity index (χ4n) is 3.15. The van der Waals surface area contributed by atoms with Crippen LogP contribution in [0.1, 0.15) is 35.2 Å². The Bertz CT molecular complexity index is 523. The minimum Gasteiger partial charge on any atom is -0.490 e. The second-order valence-corrected chi connectivity index (χ2v) is 5.50. The van der Waals surface area contributed by atoms with Crippen molar-refractivity contribution in [2.45, 2.75) is 37.6 Å². The second kappa shape index (κ2) is 4.05. The van der Waals surface area contributed by atoms with Crippen LogP contribution in [0.15, 0.2) is 18.2 Å². The quantitative estimate of drug-likeness (QED) is 0.817. The average molecular weight is 260 g/mol. The van der Waals surface area contributed by atoms with Crippen LogP contribution >= 0.6 is 0 Å². The predicted octanol–water partition coefficient (Wildman–Crippen LogP) is 2.10. The van der Waals surface area contributed by atoms with E-state index < -0.39 is 0 Å². The lowest BCUT2D eigenvalue weighted by atomic mass is 9.87. The molecular weight excluding hydrogens is 244 g/mol. The van der Waals surface area contributed by atoms with E-state index in [4.69, 9.17) is 14.2 Å². The van der Waals surface area contributed by atoms with Crippen molar-refractivity contribution in [3.05, 3.63) is 29.3 Å². The Morgan fingerprint density at radius 2 is 1.95 bits per heavy atom. The highest BCUT2D eigenvalue weighted by atomic mass is 16.7. The third kappa shape index (κ3) is 1.86.